The molecule has 0 bridgehead atoms. The van der Waals surface area contributed by atoms with Crippen molar-refractivity contribution in [1.82, 2.24) is 4.98 Å². The maximum Gasteiger partial charge on any atom is 0.337 e. The zero-order valence-corrected chi connectivity index (χ0v) is 22.9. The summed E-state index contributed by atoms with van der Waals surface area (Å²) in [7, 11) is 1.28. The fraction of sp³-hybridized carbons (Fsp3) is 0.200. The summed E-state index contributed by atoms with van der Waals surface area (Å²) in [5.41, 5.74) is 1.71. The summed E-state index contributed by atoms with van der Waals surface area (Å²) < 4.78 is 16.6. The number of aromatic nitrogens is 1. The number of hydrogen-bond acceptors (Lipinski definition) is 9. The Morgan fingerprint density at radius 3 is 2.20 bits per heavy atom. The van der Waals surface area contributed by atoms with Crippen LogP contribution in [0.1, 0.15) is 41.4 Å². The molecule has 1 atom stereocenters. The molecule has 2 heterocycles. The molecular formula is C30H26N2O7S. The van der Waals surface area contributed by atoms with E-state index in [-0.39, 0.29) is 11.3 Å². The van der Waals surface area contributed by atoms with E-state index in [1.54, 1.807) is 60.7 Å². The van der Waals surface area contributed by atoms with Crippen molar-refractivity contribution in [3.8, 4) is 11.5 Å². The van der Waals surface area contributed by atoms with Crippen LogP contribution in [0, 0.1) is 0 Å². The molecule has 1 saturated heterocycles. The van der Waals surface area contributed by atoms with Gasteiger partial charge in [0.2, 0.25) is 0 Å². The van der Waals surface area contributed by atoms with Gasteiger partial charge in [-0.2, -0.15) is 0 Å². The number of amides is 1. The monoisotopic (exact) mass is 558 g/mol. The van der Waals surface area contributed by atoms with Crippen LogP contribution < -0.4 is 14.4 Å². The Morgan fingerprint density at radius 2 is 1.55 bits per heavy atom. The molecule has 1 fully saturated rings. The Morgan fingerprint density at radius 1 is 0.925 bits per heavy atom. The number of Topliss-reactive ketones (excluding diaryl/α,β-unsaturated/α-hetero) is 1. The molecule has 1 N–H and O–H groups in total. The van der Waals surface area contributed by atoms with Gasteiger partial charge in [0.25, 0.3) is 5.78 Å². The number of carbonyl (C=O) groups is 3. The third-order valence-electron chi connectivity index (χ3n) is 6.40. The van der Waals surface area contributed by atoms with E-state index < -0.39 is 23.7 Å². The van der Waals surface area contributed by atoms with E-state index in [0.717, 1.165) is 4.70 Å². The lowest BCUT2D eigenvalue weighted by Gasteiger charge is -2.23. The van der Waals surface area contributed by atoms with Crippen molar-refractivity contribution in [1.29, 1.82) is 0 Å². The number of aliphatic hydroxyl groups is 1. The van der Waals surface area contributed by atoms with Crippen molar-refractivity contribution in [3.05, 3.63) is 89.0 Å². The van der Waals surface area contributed by atoms with Crippen molar-refractivity contribution in [2.45, 2.75) is 19.9 Å². The van der Waals surface area contributed by atoms with Crippen LogP contribution in [-0.4, -0.2) is 48.1 Å². The van der Waals surface area contributed by atoms with Crippen molar-refractivity contribution < 1.29 is 33.7 Å². The number of ketones is 1. The van der Waals surface area contributed by atoms with Crippen LogP contribution in [0.2, 0.25) is 0 Å². The summed E-state index contributed by atoms with van der Waals surface area (Å²) in [6.45, 7) is 4.73. The molecule has 1 aliphatic heterocycles. The molecule has 0 saturated carbocycles. The van der Waals surface area contributed by atoms with E-state index in [2.05, 4.69) is 4.98 Å². The molecule has 1 amide bonds. The molecule has 0 radical (unpaired) electrons. The highest BCUT2D eigenvalue weighted by molar-refractivity contribution is 7.22. The van der Waals surface area contributed by atoms with Gasteiger partial charge in [-0.3, -0.25) is 14.5 Å². The molecule has 1 aliphatic rings. The highest BCUT2D eigenvalue weighted by Gasteiger charge is 2.48. The van der Waals surface area contributed by atoms with Crippen molar-refractivity contribution in [2.24, 2.45) is 0 Å². The molecular weight excluding hydrogens is 532 g/mol. The quantitative estimate of drug-likeness (QED) is 0.130. The lowest BCUT2D eigenvalue weighted by Crippen LogP contribution is -2.29. The van der Waals surface area contributed by atoms with Gasteiger partial charge in [-0.05, 0) is 74.0 Å². The fourth-order valence-electron chi connectivity index (χ4n) is 4.55. The van der Waals surface area contributed by atoms with Crippen LogP contribution in [0.15, 0.2) is 72.3 Å². The average molecular weight is 559 g/mol. The molecule has 5 rings (SSSR count). The van der Waals surface area contributed by atoms with Crippen molar-refractivity contribution in [3.63, 3.8) is 0 Å². The smallest absolute Gasteiger partial charge is 0.337 e. The second-order valence-corrected chi connectivity index (χ2v) is 9.81. The fourth-order valence-corrected chi connectivity index (χ4v) is 5.57. The molecule has 204 valence electrons. The third kappa shape index (κ3) is 4.89. The Labute approximate surface area is 234 Å². The van der Waals surface area contributed by atoms with E-state index in [1.807, 2.05) is 19.9 Å². The zero-order valence-electron chi connectivity index (χ0n) is 22.0. The Hall–Kier alpha value is -4.70. The SMILES string of the molecule is CCOc1ccc(C(O)=C2C(=O)C(=O)N(c3nc4ccc(OCC)cc4s3)C2c2ccc(C(=O)OC)cc2)cc1. The maximum absolute atomic E-state index is 13.5. The van der Waals surface area contributed by atoms with Gasteiger partial charge >= 0.3 is 11.9 Å². The minimum atomic E-state index is -0.995. The summed E-state index contributed by atoms with van der Waals surface area (Å²) in [6, 6.07) is 17.4. The van der Waals surface area contributed by atoms with Gasteiger partial charge in [0.05, 0.1) is 47.7 Å². The number of hydrogen-bond donors (Lipinski definition) is 1. The number of esters is 1. The molecule has 10 heteroatoms. The molecule has 0 aliphatic carbocycles. The van der Waals surface area contributed by atoms with E-state index in [1.165, 1.54) is 23.3 Å². The number of ether oxygens (including phenoxy) is 3. The largest absolute Gasteiger partial charge is 0.507 e. The van der Waals surface area contributed by atoms with Gasteiger partial charge < -0.3 is 19.3 Å². The molecule has 9 nitrogen and oxygen atoms in total. The van der Waals surface area contributed by atoms with Crippen LogP contribution in [0.4, 0.5) is 5.13 Å². The van der Waals surface area contributed by atoms with E-state index >= 15 is 0 Å². The summed E-state index contributed by atoms with van der Waals surface area (Å²) in [6.07, 6.45) is 0. The standard InChI is InChI=1S/C30H26N2O7S/c1-4-38-20-12-10-18(11-13-20)26(33)24-25(17-6-8-19(9-7-17)29(36)37-3)32(28(35)27(24)34)30-31-22-15-14-21(39-5-2)16-23(22)40-30/h6-16,25,33H,4-5H2,1-3H3. The summed E-state index contributed by atoms with van der Waals surface area (Å²) in [4.78, 5) is 45.0. The Kier molecular flexibility index (Phi) is 7.52. The first-order valence-corrected chi connectivity index (χ1v) is 13.4. The predicted molar refractivity (Wildman–Crippen MR) is 151 cm³/mol. The Balaban J connectivity index is 1.65. The van der Waals surface area contributed by atoms with Crippen LogP contribution in [0.25, 0.3) is 16.0 Å². The number of fused-ring (bicyclic) bond motifs is 1. The first-order valence-electron chi connectivity index (χ1n) is 12.6. The van der Waals surface area contributed by atoms with Crippen LogP contribution >= 0.6 is 11.3 Å². The number of carbonyl (C=O) groups excluding carboxylic acids is 3. The van der Waals surface area contributed by atoms with Crippen LogP contribution in [0.3, 0.4) is 0 Å². The zero-order chi connectivity index (χ0) is 28.4. The molecule has 3 aromatic carbocycles. The number of rotatable bonds is 8. The molecule has 0 spiro atoms. The van der Waals surface area contributed by atoms with Crippen LogP contribution in [-0.2, 0) is 14.3 Å². The topological polar surface area (TPSA) is 115 Å². The van der Waals surface area contributed by atoms with Gasteiger partial charge in [-0.1, -0.05) is 23.5 Å². The van der Waals surface area contributed by atoms with Gasteiger partial charge in [0.1, 0.15) is 17.3 Å². The number of anilines is 1. The van der Waals surface area contributed by atoms with Crippen LogP contribution in [0.5, 0.6) is 11.5 Å². The number of methoxy groups -OCH3 is 1. The molecule has 40 heavy (non-hydrogen) atoms. The highest BCUT2D eigenvalue weighted by atomic mass is 32.1. The predicted octanol–water partition coefficient (Wildman–Crippen LogP) is 5.51. The van der Waals surface area contributed by atoms with Gasteiger partial charge in [0.15, 0.2) is 5.13 Å². The molecule has 1 unspecified atom stereocenters. The second kappa shape index (κ2) is 11.2. The number of aliphatic hydroxyl groups excluding tert-OH is 1. The minimum Gasteiger partial charge on any atom is -0.507 e. The molecule has 4 aromatic rings. The van der Waals surface area contributed by atoms with Gasteiger partial charge in [-0.15, -0.1) is 0 Å². The minimum absolute atomic E-state index is 0.0887. The number of thiazole rings is 1. The summed E-state index contributed by atoms with van der Waals surface area (Å²) >= 11 is 1.23. The Bertz CT molecular complexity index is 1620. The lowest BCUT2D eigenvalue weighted by molar-refractivity contribution is -0.132. The summed E-state index contributed by atoms with van der Waals surface area (Å²) in [5.74, 6) is -1.24. The van der Waals surface area contributed by atoms with Gasteiger partial charge in [0, 0.05) is 5.56 Å². The van der Waals surface area contributed by atoms with E-state index in [9.17, 15) is 19.5 Å². The normalized spacial score (nSPS) is 16.4. The van der Waals surface area contributed by atoms with E-state index in [0.29, 0.717) is 52.1 Å². The first-order chi connectivity index (χ1) is 19.4. The second-order valence-electron chi connectivity index (χ2n) is 8.80. The lowest BCUT2D eigenvalue weighted by atomic mass is 9.94. The average Bonchev–Trinajstić information content (AvgIpc) is 3.50. The highest BCUT2D eigenvalue weighted by Crippen LogP contribution is 2.44. The maximum atomic E-state index is 13.5. The number of benzene rings is 3. The van der Waals surface area contributed by atoms with Crippen molar-refractivity contribution >= 4 is 50.1 Å². The first kappa shape index (κ1) is 26.9. The number of nitrogens with zero attached hydrogens (tertiary/aromatic N) is 2. The van der Waals surface area contributed by atoms with Gasteiger partial charge in [-0.25, -0.2) is 9.78 Å². The van der Waals surface area contributed by atoms with Crippen molar-refractivity contribution in [2.75, 3.05) is 25.2 Å². The molecule has 1 aromatic heterocycles. The third-order valence-corrected chi connectivity index (χ3v) is 7.41. The van der Waals surface area contributed by atoms with E-state index in [4.69, 9.17) is 14.2 Å². The summed E-state index contributed by atoms with van der Waals surface area (Å²) in [5, 5.41) is 11.7.